The summed E-state index contributed by atoms with van der Waals surface area (Å²) in [6, 6.07) is 0. The summed E-state index contributed by atoms with van der Waals surface area (Å²) in [5.74, 6) is 0.430. The molecule has 1 aliphatic heterocycles. The third kappa shape index (κ3) is 4.49. The van der Waals surface area contributed by atoms with Crippen LogP contribution in [0, 0.1) is 0 Å². The van der Waals surface area contributed by atoms with E-state index < -0.39 is 0 Å². The molecule has 0 spiro atoms. The molecule has 1 aliphatic rings. The molecule has 0 aromatic carbocycles. The molecule has 0 amide bonds. The highest BCUT2D eigenvalue weighted by molar-refractivity contribution is 5.90. The van der Waals surface area contributed by atoms with E-state index in [-0.39, 0.29) is 12.1 Å². The largest absolute Gasteiger partial charge is 0.462 e. The van der Waals surface area contributed by atoms with Gasteiger partial charge in [-0.25, -0.2) is 14.8 Å². The molecule has 2 rings (SSSR count). The SMILES string of the molecule is CCCc1nc(CC2CCCCO2)ncc1C(=O)OCC. The van der Waals surface area contributed by atoms with E-state index in [4.69, 9.17) is 9.47 Å². The number of ether oxygens (including phenoxy) is 2. The monoisotopic (exact) mass is 292 g/mol. The maximum absolute atomic E-state index is 11.9. The predicted molar refractivity (Wildman–Crippen MR) is 79.3 cm³/mol. The minimum Gasteiger partial charge on any atom is -0.462 e. The van der Waals surface area contributed by atoms with Crippen molar-refractivity contribution in [2.75, 3.05) is 13.2 Å². The third-order valence-electron chi connectivity index (χ3n) is 3.58. The molecule has 0 saturated carbocycles. The van der Waals surface area contributed by atoms with Gasteiger partial charge in [-0.2, -0.15) is 0 Å². The Labute approximate surface area is 126 Å². The first-order chi connectivity index (χ1) is 10.2. The van der Waals surface area contributed by atoms with Crippen molar-refractivity contribution in [2.45, 2.75) is 58.5 Å². The van der Waals surface area contributed by atoms with Gasteiger partial charge in [-0.3, -0.25) is 0 Å². The van der Waals surface area contributed by atoms with Crippen molar-refractivity contribution in [2.24, 2.45) is 0 Å². The second kappa shape index (κ2) is 8.08. The van der Waals surface area contributed by atoms with Gasteiger partial charge >= 0.3 is 5.97 Å². The zero-order valence-electron chi connectivity index (χ0n) is 12.9. The molecule has 0 radical (unpaired) electrons. The zero-order chi connectivity index (χ0) is 15.1. The fourth-order valence-corrected chi connectivity index (χ4v) is 2.54. The summed E-state index contributed by atoms with van der Waals surface area (Å²) in [4.78, 5) is 20.8. The molecule has 5 nitrogen and oxygen atoms in total. The number of hydrogen-bond donors (Lipinski definition) is 0. The molecule has 1 aromatic rings. The summed E-state index contributed by atoms with van der Waals surface area (Å²) < 4.78 is 10.8. The van der Waals surface area contributed by atoms with Crippen LogP contribution in [0.3, 0.4) is 0 Å². The average molecular weight is 292 g/mol. The van der Waals surface area contributed by atoms with Gasteiger partial charge in [0.05, 0.1) is 24.0 Å². The summed E-state index contributed by atoms with van der Waals surface area (Å²) in [5.41, 5.74) is 1.28. The fraction of sp³-hybridized carbons (Fsp3) is 0.688. The highest BCUT2D eigenvalue weighted by atomic mass is 16.5. The van der Waals surface area contributed by atoms with Crippen LogP contribution in [0.15, 0.2) is 6.20 Å². The normalized spacial score (nSPS) is 18.5. The highest BCUT2D eigenvalue weighted by Crippen LogP contribution is 2.17. The fourth-order valence-electron chi connectivity index (χ4n) is 2.54. The quantitative estimate of drug-likeness (QED) is 0.754. The smallest absolute Gasteiger partial charge is 0.341 e. The molecular formula is C16H24N2O3. The molecule has 0 N–H and O–H groups in total. The second-order valence-corrected chi connectivity index (χ2v) is 5.31. The minimum absolute atomic E-state index is 0.210. The number of hydrogen-bond acceptors (Lipinski definition) is 5. The summed E-state index contributed by atoms with van der Waals surface area (Å²) >= 11 is 0. The van der Waals surface area contributed by atoms with E-state index >= 15 is 0 Å². The van der Waals surface area contributed by atoms with Gasteiger partial charge in [-0.05, 0) is 32.6 Å². The number of aromatic nitrogens is 2. The average Bonchev–Trinajstić information content (AvgIpc) is 2.49. The van der Waals surface area contributed by atoms with Crippen LogP contribution in [0.1, 0.15) is 61.4 Å². The lowest BCUT2D eigenvalue weighted by Gasteiger charge is -2.22. The molecule has 0 aliphatic carbocycles. The summed E-state index contributed by atoms with van der Waals surface area (Å²) in [6.45, 7) is 5.06. The van der Waals surface area contributed by atoms with Crippen molar-refractivity contribution in [1.82, 2.24) is 9.97 Å². The Balaban J connectivity index is 2.12. The maximum atomic E-state index is 11.9. The van der Waals surface area contributed by atoms with Crippen LogP contribution < -0.4 is 0 Å². The Morgan fingerprint density at radius 2 is 2.29 bits per heavy atom. The highest BCUT2D eigenvalue weighted by Gasteiger charge is 2.19. The van der Waals surface area contributed by atoms with Gasteiger partial charge in [0.25, 0.3) is 0 Å². The Kier molecular flexibility index (Phi) is 6.11. The van der Waals surface area contributed by atoms with E-state index in [1.165, 1.54) is 6.42 Å². The van der Waals surface area contributed by atoms with E-state index in [0.717, 1.165) is 50.2 Å². The topological polar surface area (TPSA) is 61.3 Å². The second-order valence-electron chi connectivity index (χ2n) is 5.31. The lowest BCUT2D eigenvalue weighted by Crippen LogP contribution is -2.23. The van der Waals surface area contributed by atoms with Crippen LogP contribution >= 0.6 is 0 Å². The van der Waals surface area contributed by atoms with Gasteiger partial charge in [0.15, 0.2) is 0 Å². The van der Waals surface area contributed by atoms with E-state index in [2.05, 4.69) is 16.9 Å². The van der Waals surface area contributed by atoms with Crippen LogP contribution in [0.2, 0.25) is 0 Å². The van der Waals surface area contributed by atoms with Gasteiger partial charge in [-0.15, -0.1) is 0 Å². The molecule has 1 saturated heterocycles. The molecule has 2 heterocycles. The lowest BCUT2D eigenvalue weighted by molar-refractivity contribution is 0.0156. The van der Waals surface area contributed by atoms with Crippen molar-refractivity contribution in [3.63, 3.8) is 0 Å². The summed E-state index contributed by atoms with van der Waals surface area (Å²) in [7, 11) is 0. The molecular weight excluding hydrogens is 268 g/mol. The lowest BCUT2D eigenvalue weighted by atomic mass is 10.1. The first-order valence-electron chi connectivity index (χ1n) is 7.88. The van der Waals surface area contributed by atoms with Crippen molar-refractivity contribution in [3.8, 4) is 0 Å². The zero-order valence-corrected chi connectivity index (χ0v) is 12.9. The van der Waals surface area contributed by atoms with Crippen molar-refractivity contribution < 1.29 is 14.3 Å². The number of carbonyl (C=O) groups excluding carboxylic acids is 1. The van der Waals surface area contributed by atoms with E-state index in [0.29, 0.717) is 12.2 Å². The van der Waals surface area contributed by atoms with Crippen LogP contribution in [0.5, 0.6) is 0 Å². The Bertz CT molecular complexity index is 471. The van der Waals surface area contributed by atoms with Gasteiger partial charge < -0.3 is 9.47 Å². The summed E-state index contributed by atoms with van der Waals surface area (Å²) in [6.07, 6.45) is 7.63. The standard InChI is InChI=1S/C16H24N2O3/c1-3-7-14-13(16(19)20-4-2)11-17-15(18-14)10-12-8-5-6-9-21-12/h11-12H,3-10H2,1-2H3. The van der Waals surface area contributed by atoms with Crippen LogP contribution in [-0.2, 0) is 22.3 Å². The number of carbonyl (C=O) groups is 1. The van der Waals surface area contributed by atoms with Gasteiger partial charge in [-0.1, -0.05) is 13.3 Å². The van der Waals surface area contributed by atoms with Crippen LogP contribution in [0.4, 0.5) is 0 Å². The van der Waals surface area contributed by atoms with Crippen molar-refractivity contribution in [1.29, 1.82) is 0 Å². The Morgan fingerprint density at radius 1 is 1.43 bits per heavy atom. The van der Waals surface area contributed by atoms with Gasteiger partial charge in [0, 0.05) is 19.2 Å². The first kappa shape index (κ1) is 15.9. The maximum Gasteiger partial charge on any atom is 0.341 e. The number of nitrogens with zero attached hydrogens (tertiary/aromatic N) is 2. The molecule has 21 heavy (non-hydrogen) atoms. The van der Waals surface area contributed by atoms with Crippen molar-refractivity contribution in [3.05, 3.63) is 23.3 Å². The number of rotatable bonds is 6. The molecule has 5 heteroatoms. The molecule has 1 aromatic heterocycles. The van der Waals surface area contributed by atoms with E-state index in [1.54, 1.807) is 13.1 Å². The third-order valence-corrected chi connectivity index (χ3v) is 3.58. The molecule has 0 bridgehead atoms. The Morgan fingerprint density at radius 3 is 2.95 bits per heavy atom. The number of esters is 1. The molecule has 1 atom stereocenters. The van der Waals surface area contributed by atoms with Crippen LogP contribution in [-0.4, -0.2) is 35.3 Å². The number of aryl methyl sites for hydroxylation is 1. The van der Waals surface area contributed by atoms with E-state index in [1.807, 2.05) is 0 Å². The van der Waals surface area contributed by atoms with Gasteiger partial charge in [0.1, 0.15) is 5.82 Å². The molecule has 1 fully saturated rings. The Hall–Kier alpha value is -1.49. The van der Waals surface area contributed by atoms with E-state index in [9.17, 15) is 4.79 Å². The van der Waals surface area contributed by atoms with Crippen LogP contribution in [0.25, 0.3) is 0 Å². The van der Waals surface area contributed by atoms with Gasteiger partial charge in [0.2, 0.25) is 0 Å². The predicted octanol–water partition coefficient (Wildman–Crippen LogP) is 2.72. The summed E-state index contributed by atoms with van der Waals surface area (Å²) in [5, 5.41) is 0. The molecule has 116 valence electrons. The van der Waals surface area contributed by atoms with Crippen molar-refractivity contribution >= 4 is 5.97 Å². The minimum atomic E-state index is -0.332. The first-order valence-corrected chi connectivity index (χ1v) is 7.88. The molecule has 1 unspecified atom stereocenters.